The Kier molecular flexibility index (Phi) is 5.76. The number of rotatable bonds is 6. The Hall–Kier alpha value is -2.31. The van der Waals surface area contributed by atoms with Crippen LogP contribution in [0.1, 0.15) is 18.9 Å². The highest BCUT2D eigenvalue weighted by molar-refractivity contribution is 5.82. The molecule has 1 aromatic heterocycles. The van der Waals surface area contributed by atoms with E-state index in [1.165, 1.54) is 19.1 Å². The smallest absolute Gasteiger partial charge is 0.326 e. The quantitative estimate of drug-likeness (QED) is 0.814. The molecule has 0 saturated heterocycles. The molecule has 1 heterocycles. The zero-order chi connectivity index (χ0) is 15.1. The van der Waals surface area contributed by atoms with E-state index in [2.05, 4.69) is 10.3 Å². The highest BCUT2D eigenvalue weighted by Gasteiger charge is 2.24. The fourth-order valence-electron chi connectivity index (χ4n) is 1.73. The molecule has 2 N–H and O–H groups in total. The first-order valence-electron chi connectivity index (χ1n) is 6.22. The molecule has 1 unspecified atom stereocenters. The molecule has 0 aliphatic heterocycles. The third-order valence-corrected chi connectivity index (χ3v) is 2.91. The molecule has 0 bridgehead atoms. The number of likely N-dealkylation sites (N-methyl/N-ethyl adjacent to an activating group) is 1. The van der Waals surface area contributed by atoms with Crippen molar-refractivity contribution in [1.29, 1.82) is 0 Å². The van der Waals surface area contributed by atoms with Gasteiger partial charge in [-0.3, -0.25) is 0 Å². The fourth-order valence-corrected chi connectivity index (χ4v) is 1.73. The van der Waals surface area contributed by atoms with Gasteiger partial charge in [0.2, 0.25) is 5.88 Å². The third-order valence-electron chi connectivity index (χ3n) is 2.91. The predicted octanol–water partition coefficient (Wildman–Crippen LogP) is 1.09. The zero-order valence-corrected chi connectivity index (χ0v) is 11.8. The van der Waals surface area contributed by atoms with Crippen molar-refractivity contribution in [2.75, 3.05) is 14.2 Å². The summed E-state index contributed by atoms with van der Waals surface area (Å²) in [6.07, 6.45) is 1.93. The highest BCUT2D eigenvalue weighted by atomic mass is 16.5. The summed E-state index contributed by atoms with van der Waals surface area (Å²) >= 11 is 0. The van der Waals surface area contributed by atoms with E-state index in [1.807, 2.05) is 0 Å². The van der Waals surface area contributed by atoms with Crippen molar-refractivity contribution in [3.8, 4) is 5.88 Å². The van der Waals surface area contributed by atoms with Gasteiger partial charge in [0, 0.05) is 25.9 Å². The van der Waals surface area contributed by atoms with Crippen LogP contribution in [0.25, 0.3) is 0 Å². The Balaban J connectivity index is 2.60. The van der Waals surface area contributed by atoms with Crippen LogP contribution >= 0.6 is 0 Å². The molecule has 0 aromatic carbocycles. The number of hydrogen-bond acceptors (Lipinski definition) is 4. The Labute approximate surface area is 117 Å². The summed E-state index contributed by atoms with van der Waals surface area (Å²) in [5.74, 6) is -0.558. The SMILES string of the molecule is CCC(C(=O)O)N(C)C(=O)NCc1ccnc(OC)c1. The van der Waals surface area contributed by atoms with Crippen LogP contribution in [-0.2, 0) is 11.3 Å². The van der Waals surface area contributed by atoms with Crippen LogP contribution < -0.4 is 10.1 Å². The molecule has 1 aromatic rings. The van der Waals surface area contributed by atoms with Crippen LogP contribution in [0.3, 0.4) is 0 Å². The van der Waals surface area contributed by atoms with E-state index >= 15 is 0 Å². The van der Waals surface area contributed by atoms with Gasteiger partial charge in [0.05, 0.1) is 7.11 Å². The maximum Gasteiger partial charge on any atom is 0.326 e. The summed E-state index contributed by atoms with van der Waals surface area (Å²) in [5.41, 5.74) is 0.821. The number of pyridine rings is 1. The second-order valence-electron chi connectivity index (χ2n) is 4.24. The van der Waals surface area contributed by atoms with Gasteiger partial charge in [-0.25, -0.2) is 14.6 Å². The number of nitrogens with one attached hydrogen (secondary N) is 1. The van der Waals surface area contributed by atoms with Crippen LogP contribution in [0, 0.1) is 0 Å². The van der Waals surface area contributed by atoms with E-state index in [1.54, 1.807) is 25.3 Å². The normalized spacial score (nSPS) is 11.6. The average Bonchev–Trinajstić information content (AvgIpc) is 2.45. The topological polar surface area (TPSA) is 91.8 Å². The summed E-state index contributed by atoms with van der Waals surface area (Å²) in [6.45, 7) is 1.99. The molecule has 0 spiro atoms. The number of amides is 2. The number of nitrogens with zero attached hydrogens (tertiary/aromatic N) is 2. The van der Waals surface area contributed by atoms with Gasteiger partial charge in [-0.05, 0) is 18.1 Å². The molecule has 7 heteroatoms. The van der Waals surface area contributed by atoms with E-state index in [9.17, 15) is 9.59 Å². The van der Waals surface area contributed by atoms with Crippen molar-refractivity contribution in [2.45, 2.75) is 25.9 Å². The lowest BCUT2D eigenvalue weighted by molar-refractivity contribution is -0.141. The molecule has 1 rings (SSSR count). The average molecular weight is 281 g/mol. The lowest BCUT2D eigenvalue weighted by Crippen LogP contribution is -2.46. The van der Waals surface area contributed by atoms with Crippen molar-refractivity contribution in [1.82, 2.24) is 15.2 Å². The highest BCUT2D eigenvalue weighted by Crippen LogP contribution is 2.08. The van der Waals surface area contributed by atoms with Gasteiger partial charge in [0.1, 0.15) is 6.04 Å². The van der Waals surface area contributed by atoms with Crippen molar-refractivity contribution < 1.29 is 19.4 Å². The summed E-state index contributed by atoms with van der Waals surface area (Å²) in [4.78, 5) is 28.0. The second kappa shape index (κ2) is 7.32. The van der Waals surface area contributed by atoms with Gasteiger partial charge >= 0.3 is 12.0 Å². The molecule has 1 atom stereocenters. The number of carbonyl (C=O) groups excluding carboxylic acids is 1. The Bertz CT molecular complexity index is 478. The first-order chi connectivity index (χ1) is 9.49. The molecule has 20 heavy (non-hydrogen) atoms. The molecule has 110 valence electrons. The molecule has 0 radical (unpaired) electrons. The van der Waals surface area contributed by atoms with Gasteiger partial charge in [0.15, 0.2) is 0 Å². The van der Waals surface area contributed by atoms with Crippen LogP contribution in [0.2, 0.25) is 0 Å². The Morgan fingerprint density at radius 2 is 2.25 bits per heavy atom. The van der Waals surface area contributed by atoms with Crippen molar-refractivity contribution in [3.63, 3.8) is 0 Å². The van der Waals surface area contributed by atoms with Crippen molar-refractivity contribution >= 4 is 12.0 Å². The van der Waals surface area contributed by atoms with E-state index in [0.29, 0.717) is 12.3 Å². The third kappa shape index (κ3) is 4.11. The zero-order valence-electron chi connectivity index (χ0n) is 11.8. The molecule has 2 amide bonds. The summed E-state index contributed by atoms with van der Waals surface area (Å²) in [7, 11) is 2.97. The largest absolute Gasteiger partial charge is 0.481 e. The van der Waals surface area contributed by atoms with Gasteiger partial charge < -0.3 is 20.1 Å². The minimum atomic E-state index is -1.02. The number of urea groups is 1. The number of carboxylic acid groups (broad SMARTS) is 1. The van der Waals surface area contributed by atoms with E-state index in [-0.39, 0.29) is 6.54 Å². The standard InChI is InChI=1S/C13H19N3O4/c1-4-10(12(17)18)16(2)13(19)15-8-9-5-6-14-11(7-9)20-3/h5-7,10H,4,8H2,1-3H3,(H,15,19)(H,17,18). The first kappa shape index (κ1) is 15.7. The number of aliphatic carboxylic acids is 1. The van der Waals surface area contributed by atoms with Crippen LogP contribution in [-0.4, -0.2) is 47.2 Å². The van der Waals surface area contributed by atoms with Crippen LogP contribution in [0.5, 0.6) is 5.88 Å². The maximum atomic E-state index is 11.9. The summed E-state index contributed by atoms with van der Waals surface area (Å²) in [5, 5.41) is 11.7. The molecule has 0 aliphatic carbocycles. The number of ether oxygens (including phenoxy) is 1. The number of carbonyl (C=O) groups is 2. The van der Waals surface area contributed by atoms with Crippen LogP contribution in [0.15, 0.2) is 18.3 Å². The van der Waals surface area contributed by atoms with Gasteiger partial charge in [0.25, 0.3) is 0 Å². The van der Waals surface area contributed by atoms with Gasteiger partial charge in [-0.1, -0.05) is 6.92 Å². The minimum Gasteiger partial charge on any atom is -0.481 e. The van der Waals surface area contributed by atoms with E-state index < -0.39 is 18.0 Å². The van der Waals surface area contributed by atoms with E-state index in [4.69, 9.17) is 9.84 Å². The van der Waals surface area contributed by atoms with Crippen molar-refractivity contribution in [2.24, 2.45) is 0 Å². The predicted molar refractivity (Wildman–Crippen MR) is 72.5 cm³/mol. The molecule has 0 saturated carbocycles. The lowest BCUT2D eigenvalue weighted by Gasteiger charge is -2.24. The lowest BCUT2D eigenvalue weighted by atomic mass is 10.2. The summed E-state index contributed by atoms with van der Waals surface area (Å²) < 4.78 is 4.98. The maximum absolute atomic E-state index is 11.9. The minimum absolute atomic E-state index is 0.276. The van der Waals surface area contributed by atoms with Gasteiger partial charge in [-0.15, -0.1) is 0 Å². The molecule has 0 aliphatic rings. The Morgan fingerprint density at radius 3 is 2.80 bits per heavy atom. The number of methoxy groups -OCH3 is 1. The second-order valence-corrected chi connectivity index (χ2v) is 4.24. The van der Waals surface area contributed by atoms with Crippen molar-refractivity contribution in [3.05, 3.63) is 23.9 Å². The van der Waals surface area contributed by atoms with Crippen LogP contribution in [0.4, 0.5) is 4.79 Å². The first-order valence-corrected chi connectivity index (χ1v) is 6.22. The molecule has 7 nitrogen and oxygen atoms in total. The number of aromatic nitrogens is 1. The van der Waals surface area contributed by atoms with Gasteiger partial charge in [-0.2, -0.15) is 0 Å². The molecular weight excluding hydrogens is 262 g/mol. The van der Waals surface area contributed by atoms with E-state index in [0.717, 1.165) is 5.56 Å². The Morgan fingerprint density at radius 1 is 1.55 bits per heavy atom. The number of hydrogen-bond donors (Lipinski definition) is 2. The molecule has 0 fully saturated rings. The monoisotopic (exact) mass is 281 g/mol. The summed E-state index contributed by atoms with van der Waals surface area (Å²) in [6, 6.07) is 2.18. The number of carboxylic acids is 1. The molecular formula is C13H19N3O4. The fraction of sp³-hybridized carbons (Fsp3) is 0.462.